The zero-order chi connectivity index (χ0) is 24.2. The molecule has 1 aliphatic rings. The summed E-state index contributed by atoms with van der Waals surface area (Å²) in [4.78, 5) is 39.0. The lowest BCUT2D eigenvalue weighted by Gasteiger charge is -2.30. The standard InChI is InChI=1S/C25H31FN6O2/c1-4-17(21-13-27-8-9-28-21)23-29-18(22(32-23)14(2)3)12-20-25(34)30-19(24(33)31-20)11-15-6-5-7-16(26)10-15/h5-7,10-12,14,17,21,27-28H,4,8-9,13H2,1-3H3,(H,29,32)(H,30,34)(H,31,33)/b19-11-,20-12-. The summed E-state index contributed by atoms with van der Waals surface area (Å²) in [6.45, 7) is 8.97. The zero-order valence-electron chi connectivity index (χ0n) is 19.7. The molecule has 0 amide bonds. The van der Waals surface area contributed by atoms with Crippen molar-refractivity contribution in [3.63, 3.8) is 0 Å². The summed E-state index contributed by atoms with van der Waals surface area (Å²) in [5, 5.41) is 7.16. The average molecular weight is 467 g/mol. The van der Waals surface area contributed by atoms with E-state index in [9.17, 15) is 14.0 Å². The Hall–Kier alpha value is -3.30. The Morgan fingerprint density at radius 1 is 1.09 bits per heavy atom. The highest BCUT2D eigenvalue weighted by atomic mass is 19.1. The van der Waals surface area contributed by atoms with Crippen LogP contribution in [0.5, 0.6) is 0 Å². The second-order valence-electron chi connectivity index (χ2n) is 8.93. The van der Waals surface area contributed by atoms with E-state index in [1.54, 1.807) is 18.2 Å². The highest BCUT2D eigenvalue weighted by molar-refractivity contribution is 5.49. The molecule has 0 aliphatic carbocycles. The van der Waals surface area contributed by atoms with Crippen molar-refractivity contribution in [2.24, 2.45) is 0 Å². The largest absolute Gasteiger partial charge is 0.345 e. The van der Waals surface area contributed by atoms with Gasteiger partial charge in [-0.25, -0.2) is 9.37 Å². The minimum Gasteiger partial charge on any atom is -0.345 e. The van der Waals surface area contributed by atoms with Crippen LogP contribution in [0, 0.1) is 5.82 Å². The van der Waals surface area contributed by atoms with E-state index >= 15 is 0 Å². The molecule has 2 atom stereocenters. The quantitative estimate of drug-likeness (QED) is 0.368. The molecule has 2 aromatic heterocycles. The molecule has 0 bridgehead atoms. The second-order valence-corrected chi connectivity index (χ2v) is 8.93. The van der Waals surface area contributed by atoms with E-state index in [4.69, 9.17) is 4.98 Å². The normalized spacial score (nSPS) is 18.6. The maximum absolute atomic E-state index is 13.5. The molecular weight excluding hydrogens is 435 g/mol. The van der Waals surface area contributed by atoms with Gasteiger partial charge in [-0.15, -0.1) is 0 Å². The number of hydrogen-bond donors (Lipinski definition) is 5. The summed E-state index contributed by atoms with van der Waals surface area (Å²) in [6, 6.07) is 6.07. The lowest BCUT2D eigenvalue weighted by molar-refractivity contribution is 0.352. The molecule has 34 heavy (non-hydrogen) atoms. The summed E-state index contributed by atoms with van der Waals surface area (Å²) < 4.78 is 13.5. The van der Waals surface area contributed by atoms with Crippen molar-refractivity contribution in [2.45, 2.75) is 45.1 Å². The van der Waals surface area contributed by atoms with Crippen LogP contribution in [-0.4, -0.2) is 45.6 Å². The first-order chi connectivity index (χ1) is 16.4. The van der Waals surface area contributed by atoms with Crippen molar-refractivity contribution in [3.8, 4) is 0 Å². The molecule has 0 saturated carbocycles. The van der Waals surface area contributed by atoms with Gasteiger partial charge in [0.1, 0.15) is 22.3 Å². The van der Waals surface area contributed by atoms with E-state index in [2.05, 4.69) is 46.4 Å². The van der Waals surface area contributed by atoms with E-state index in [0.717, 1.165) is 37.6 Å². The minimum absolute atomic E-state index is 0.0569. The van der Waals surface area contributed by atoms with E-state index in [1.165, 1.54) is 18.2 Å². The first kappa shape index (κ1) is 23.8. The van der Waals surface area contributed by atoms with Gasteiger partial charge in [-0.2, -0.15) is 0 Å². The number of nitrogens with one attached hydrogen (secondary N) is 5. The average Bonchev–Trinajstić information content (AvgIpc) is 3.22. The molecule has 5 N–H and O–H groups in total. The molecule has 3 heterocycles. The van der Waals surface area contributed by atoms with E-state index < -0.39 is 16.9 Å². The first-order valence-corrected chi connectivity index (χ1v) is 11.7. The molecule has 8 nitrogen and oxygen atoms in total. The van der Waals surface area contributed by atoms with Crippen LogP contribution in [0.1, 0.15) is 61.8 Å². The van der Waals surface area contributed by atoms with Crippen molar-refractivity contribution in [3.05, 3.63) is 84.3 Å². The highest BCUT2D eigenvalue weighted by Gasteiger charge is 2.27. The fraction of sp³-hybridized carbons (Fsp3) is 0.400. The van der Waals surface area contributed by atoms with Gasteiger partial charge in [0.2, 0.25) is 0 Å². The maximum atomic E-state index is 13.5. The fourth-order valence-electron chi connectivity index (χ4n) is 4.37. The van der Waals surface area contributed by atoms with Crippen LogP contribution in [-0.2, 0) is 0 Å². The molecule has 1 aromatic carbocycles. The van der Waals surface area contributed by atoms with Crippen LogP contribution in [0.3, 0.4) is 0 Å². The number of benzene rings is 1. The summed E-state index contributed by atoms with van der Waals surface area (Å²) in [5.41, 5.74) is 1.10. The van der Waals surface area contributed by atoms with Gasteiger partial charge >= 0.3 is 0 Å². The number of aromatic nitrogens is 4. The lowest BCUT2D eigenvalue weighted by Crippen LogP contribution is -2.51. The minimum atomic E-state index is -0.471. The number of aromatic amines is 3. The molecule has 9 heteroatoms. The summed E-state index contributed by atoms with van der Waals surface area (Å²) in [6.07, 6.45) is 3.96. The third-order valence-corrected chi connectivity index (χ3v) is 6.13. The topological polar surface area (TPSA) is 118 Å². The molecule has 0 radical (unpaired) electrons. The molecule has 4 rings (SSSR count). The molecule has 1 aliphatic heterocycles. The number of H-pyrrole nitrogens is 3. The van der Waals surface area contributed by atoms with Crippen molar-refractivity contribution in [1.82, 2.24) is 30.6 Å². The van der Waals surface area contributed by atoms with Gasteiger partial charge in [0.05, 0.1) is 5.69 Å². The van der Waals surface area contributed by atoms with Gasteiger partial charge in [-0.1, -0.05) is 32.9 Å². The Bertz CT molecular complexity index is 1380. The molecule has 1 saturated heterocycles. The van der Waals surface area contributed by atoms with E-state index in [1.807, 2.05) is 0 Å². The fourth-order valence-corrected chi connectivity index (χ4v) is 4.37. The Balaban J connectivity index is 1.75. The molecule has 1 fully saturated rings. The number of imidazole rings is 1. The SMILES string of the molecule is CCC(c1nc(/C=c2\[nH]c(=O)/c(=C/c3cccc(F)c3)[nH]c2=O)c(C(C)C)[nH]1)C1CNCCN1. The van der Waals surface area contributed by atoms with Crippen molar-refractivity contribution < 1.29 is 4.39 Å². The molecular formula is C25H31FN6O2. The van der Waals surface area contributed by atoms with Crippen LogP contribution in [0.25, 0.3) is 12.2 Å². The summed E-state index contributed by atoms with van der Waals surface area (Å²) in [7, 11) is 0. The van der Waals surface area contributed by atoms with Crippen LogP contribution in [0.4, 0.5) is 4.39 Å². The monoisotopic (exact) mass is 466 g/mol. The van der Waals surface area contributed by atoms with Crippen molar-refractivity contribution >= 4 is 12.2 Å². The zero-order valence-corrected chi connectivity index (χ0v) is 19.7. The maximum Gasteiger partial charge on any atom is 0.272 e. The predicted molar refractivity (Wildman–Crippen MR) is 131 cm³/mol. The number of nitrogens with zero attached hydrogens (tertiary/aromatic N) is 1. The summed E-state index contributed by atoms with van der Waals surface area (Å²) in [5.74, 6) is 0.785. The summed E-state index contributed by atoms with van der Waals surface area (Å²) >= 11 is 0. The van der Waals surface area contributed by atoms with E-state index in [0.29, 0.717) is 11.3 Å². The Kier molecular flexibility index (Phi) is 7.23. The Labute approximate surface area is 196 Å². The van der Waals surface area contributed by atoms with Crippen molar-refractivity contribution in [1.29, 1.82) is 0 Å². The smallest absolute Gasteiger partial charge is 0.272 e. The van der Waals surface area contributed by atoms with Crippen LogP contribution in [0.15, 0.2) is 33.9 Å². The van der Waals surface area contributed by atoms with Gasteiger partial charge in [-0.05, 0) is 42.2 Å². The van der Waals surface area contributed by atoms with Gasteiger partial charge in [0.25, 0.3) is 11.1 Å². The van der Waals surface area contributed by atoms with Crippen molar-refractivity contribution in [2.75, 3.05) is 19.6 Å². The third kappa shape index (κ3) is 5.26. The highest BCUT2D eigenvalue weighted by Crippen LogP contribution is 2.26. The van der Waals surface area contributed by atoms with Crippen LogP contribution < -0.4 is 32.5 Å². The molecule has 3 aromatic rings. The number of halogens is 1. The third-order valence-electron chi connectivity index (χ3n) is 6.13. The van der Waals surface area contributed by atoms with Crippen LogP contribution in [0.2, 0.25) is 0 Å². The number of hydrogen-bond acceptors (Lipinski definition) is 5. The molecule has 0 spiro atoms. The van der Waals surface area contributed by atoms with Gasteiger partial charge in [-0.3, -0.25) is 9.59 Å². The Morgan fingerprint density at radius 2 is 1.82 bits per heavy atom. The second kappa shape index (κ2) is 10.3. The molecule has 180 valence electrons. The first-order valence-electron chi connectivity index (χ1n) is 11.7. The number of piperazine rings is 1. The predicted octanol–water partition coefficient (Wildman–Crippen LogP) is 0.761. The van der Waals surface area contributed by atoms with E-state index in [-0.39, 0.29) is 28.6 Å². The van der Waals surface area contributed by atoms with Gasteiger partial charge in [0.15, 0.2) is 0 Å². The Morgan fingerprint density at radius 3 is 2.44 bits per heavy atom. The van der Waals surface area contributed by atoms with Gasteiger partial charge in [0, 0.05) is 37.3 Å². The molecule has 2 unspecified atom stereocenters. The number of rotatable bonds is 6. The van der Waals surface area contributed by atoms with Crippen LogP contribution >= 0.6 is 0 Å². The lowest BCUT2D eigenvalue weighted by atomic mass is 9.95. The van der Waals surface area contributed by atoms with Gasteiger partial charge < -0.3 is 25.6 Å².